The minimum Gasteiger partial charge on any atom is -0.497 e. The Balaban J connectivity index is 0.000000553. The molecular formula is C31H43N3O7. The van der Waals surface area contributed by atoms with Crippen molar-refractivity contribution in [1.29, 1.82) is 0 Å². The fraction of sp³-hybridized carbons (Fsp3) is 0.484. The molecule has 0 aliphatic carbocycles. The Kier molecular flexibility index (Phi) is 12.3. The predicted octanol–water partition coefficient (Wildman–Crippen LogP) is 3.50. The molecule has 3 N–H and O–H groups in total. The van der Waals surface area contributed by atoms with Gasteiger partial charge >= 0.3 is 6.09 Å². The average molecular weight is 570 g/mol. The summed E-state index contributed by atoms with van der Waals surface area (Å²) in [5.41, 5.74) is 0.574. The van der Waals surface area contributed by atoms with E-state index in [2.05, 4.69) is 22.9 Å². The number of amides is 3. The fourth-order valence-corrected chi connectivity index (χ4v) is 3.69. The second kappa shape index (κ2) is 15.2. The van der Waals surface area contributed by atoms with E-state index >= 15 is 0 Å². The lowest BCUT2D eigenvalue weighted by Crippen LogP contribution is -2.52. The zero-order valence-corrected chi connectivity index (χ0v) is 25.0. The molecule has 3 amide bonds. The monoisotopic (exact) mass is 569 g/mol. The van der Waals surface area contributed by atoms with E-state index in [-0.39, 0.29) is 12.3 Å². The highest BCUT2D eigenvalue weighted by Gasteiger charge is 2.50. The van der Waals surface area contributed by atoms with Gasteiger partial charge in [-0.3, -0.25) is 14.4 Å². The highest BCUT2D eigenvalue weighted by molar-refractivity contribution is 5.97. The number of carbonyl (C=O) groups is 4. The molecule has 0 radical (unpaired) electrons. The smallest absolute Gasteiger partial charge is 0.408 e. The van der Waals surface area contributed by atoms with Gasteiger partial charge in [-0.25, -0.2) is 4.79 Å². The Morgan fingerprint density at radius 2 is 1.59 bits per heavy atom. The van der Waals surface area contributed by atoms with Crippen molar-refractivity contribution in [3.63, 3.8) is 0 Å². The number of aryl methyl sites for hydroxylation is 1. The first-order chi connectivity index (χ1) is 19.3. The van der Waals surface area contributed by atoms with Crippen LogP contribution in [0.15, 0.2) is 54.6 Å². The van der Waals surface area contributed by atoms with Gasteiger partial charge < -0.3 is 30.2 Å². The van der Waals surface area contributed by atoms with Crippen LogP contribution in [0.25, 0.3) is 0 Å². The van der Waals surface area contributed by atoms with Crippen molar-refractivity contribution >= 4 is 23.7 Å². The van der Waals surface area contributed by atoms with Gasteiger partial charge in [0.15, 0.2) is 5.78 Å². The van der Waals surface area contributed by atoms with Gasteiger partial charge in [0.1, 0.15) is 23.0 Å². The maximum Gasteiger partial charge on any atom is 0.408 e. The van der Waals surface area contributed by atoms with Crippen LogP contribution in [0.4, 0.5) is 4.79 Å². The second-order valence-corrected chi connectivity index (χ2v) is 11.0. The molecule has 3 atom stereocenters. The minimum atomic E-state index is -0.888. The predicted molar refractivity (Wildman–Crippen MR) is 156 cm³/mol. The third-order valence-electron chi connectivity index (χ3n) is 6.13. The van der Waals surface area contributed by atoms with Gasteiger partial charge in [0.2, 0.25) is 11.8 Å². The molecule has 41 heavy (non-hydrogen) atoms. The molecule has 0 aromatic heterocycles. The van der Waals surface area contributed by atoms with Crippen LogP contribution in [0.2, 0.25) is 0 Å². The van der Waals surface area contributed by atoms with E-state index in [0.717, 1.165) is 11.3 Å². The summed E-state index contributed by atoms with van der Waals surface area (Å²) in [5, 5.41) is 7.69. The van der Waals surface area contributed by atoms with Crippen molar-refractivity contribution in [2.75, 3.05) is 20.3 Å². The Morgan fingerprint density at radius 1 is 0.976 bits per heavy atom. The molecular weight excluding hydrogens is 526 g/mol. The van der Waals surface area contributed by atoms with Crippen LogP contribution in [0.3, 0.4) is 0 Å². The van der Waals surface area contributed by atoms with Gasteiger partial charge in [-0.05, 0) is 65.2 Å². The lowest BCUT2D eigenvalue weighted by Gasteiger charge is -2.23. The molecule has 3 rings (SSSR count). The number of alkyl carbamates (subject to hydrolysis) is 1. The number of epoxide rings is 1. The largest absolute Gasteiger partial charge is 0.497 e. The van der Waals surface area contributed by atoms with Gasteiger partial charge in [0.05, 0.1) is 26.3 Å². The molecule has 1 fully saturated rings. The number of carbonyl (C=O) groups excluding carboxylic acids is 4. The summed E-state index contributed by atoms with van der Waals surface area (Å²) in [4.78, 5) is 49.6. The van der Waals surface area contributed by atoms with Gasteiger partial charge in [-0.15, -0.1) is 0 Å². The number of methoxy groups -OCH3 is 1. The third-order valence-corrected chi connectivity index (χ3v) is 6.13. The maximum absolute atomic E-state index is 12.8. The quantitative estimate of drug-likeness (QED) is 0.353. The lowest BCUT2D eigenvalue weighted by atomic mass is 9.95. The van der Waals surface area contributed by atoms with Crippen molar-refractivity contribution in [2.24, 2.45) is 0 Å². The number of Topliss-reactive ketones (excluding diaryl/α,β-unsaturated/α-hetero) is 1. The van der Waals surface area contributed by atoms with E-state index in [1.54, 1.807) is 41.7 Å². The van der Waals surface area contributed by atoms with Gasteiger partial charge in [0, 0.05) is 0 Å². The Labute approximate surface area is 242 Å². The maximum atomic E-state index is 12.8. The molecule has 1 aliphatic heterocycles. The van der Waals surface area contributed by atoms with Crippen LogP contribution in [-0.4, -0.2) is 67.2 Å². The summed E-state index contributed by atoms with van der Waals surface area (Å²) in [6.07, 6.45) is -0.0803. The van der Waals surface area contributed by atoms with E-state index in [0.29, 0.717) is 19.4 Å². The molecule has 224 valence electrons. The standard InChI is InChI=1S/C23H33N3O6.C8H10O/c1-6-16(26-21(30)32-22(2,3)4)20(29)24-13-18(27)25-17(19(28)23(5)14-31-23)12-15-10-8-7-9-11-15;1-7-3-5-8(9-2)6-4-7/h7-11,16-17H,6,12-14H2,1-5H3,(H,24,29)(H,25,27)(H,26,30);3-6H,1-2H3. The summed E-state index contributed by atoms with van der Waals surface area (Å²) < 4.78 is 15.4. The van der Waals surface area contributed by atoms with Crippen molar-refractivity contribution in [2.45, 2.75) is 77.7 Å². The topological polar surface area (TPSA) is 135 Å². The van der Waals surface area contributed by atoms with Gasteiger partial charge in [-0.2, -0.15) is 0 Å². The summed E-state index contributed by atoms with van der Waals surface area (Å²) in [5.74, 6) is -0.319. The number of ketones is 1. The third kappa shape index (κ3) is 12.0. The van der Waals surface area contributed by atoms with Gasteiger partial charge in [-0.1, -0.05) is 55.0 Å². The van der Waals surface area contributed by atoms with E-state index in [4.69, 9.17) is 14.2 Å². The molecule has 0 spiro atoms. The van der Waals surface area contributed by atoms with Crippen LogP contribution in [-0.2, 0) is 30.3 Å². The molecule has 0 bridgehead atoms. The molecule has 2 aromatic rings. The summed E-state index contributed by atoms with van der Waals surface area (Å²) in [7, 11) is 1.67. The Morgan fingerprint density at radius 3 is 2.10 bits per heavy atom. The number of rotatable bonds is 11. The molecule has 1 aliphatic rings. The normalized spacial score (nSPS) is 17.0. The molecule has 2 aromatic carbocycles. The summed E-state index contributed by atoms with van der Waals surface area (Å²) >= 11 is 0. The van der Waals surface area contributed by atoms with Crippen molar-refractivity contribution in [3.05, 3.63) is 65.7 Å². The molecule has 10 heteroatoms. The van der Waals surface area contributed by atoms with E-state index in [1.165, 1.54) is 5.56 Å². The first-order valence-corrected chi connectivity index (χ1v) is 13.7. The van der Waals surface area contributed by atoms with Gasteiger partial charge in [0.25, 0.3) is 0 Å². The number of hydrogen-bond donors (Lipinski definition) is 3. The summed E-state index contributed by atoms with van der Waals surface area (Å²) in [6.45, 7) is 10.6. The van der Waals surface area contributed by atoms with Crippen molar-refractivity contribution in [3.8, 4) is 5.75 Å². The zero-order valence-electron chi connectivity index (χ0n) is 25.0. The highest BCUT2D eigenvalue weighted by atomic mass is 16.6. The van der Waals surface area contributed by atoms with Crippen LogP contribution >= 0.6 is 0 Å². The number of benzene rings is 2. The first kappa shape index (κ1) is 33.3. The second-order valence-electron chi connectivity index (χ2n) is 11.0. The fourth-order valence-electron chi connectivity index (χ4n) is 3.69. The van der Waals surface area contributed by atoms with Crippen LogP contribution in [0, 0.1) is 6.92 Å². The van der Waals surface area contributed by atoms with E-state index in [1.807, 2.05) is 54.6 Å². The van der Waals surface area contributed by atoms with Crippen molar-refractivity contribution in [1.82, 2.24) is 16.0 Å². The van der Waals surface area contributed by atoms with E-state index in [9.17, 15) is 19.2 Å². The molecule has 3 unspecified atom stereocenters. The van der Waals surface area contributed by atoms with Crippen LogP contribution in [0.5, 0.6) is 5.75 Å². The van der Waals surface area contributed by atoms with E-state index < -0.39 is 41.2 Å². The van der Waals surface area contributed by atoms with Crippen LogP contribution < -0.4 is 20.7 Å². The zero-order chi connectivity index (χ0) is 30.6. The number of ether oxygens (including phenoxy) is 3. The molecule has 1 heterocycles. The highest BCUT2D eigenvalue weighted by Crippen LogP contribution is 2.29. The summed E-state index contributed by atoms with van der Waals surface area (Å²) in [6, 6.07) is 15.7. The Bertz CT molecular complexity index is 1160. The molecule has 10 nitrogen and oxygen atoms in total. The first-order valence-electron chi connectivity index (χ1n) is 13.7. The SMILES string of the molecule is CCC(NC(=O)OC(C)(C)C)C(=O)NCC(=O)NC(Cc1ccccc1)C(=O)C1(C)CO1.COc1ccc(C)cc1. The van der Waals surface area contributed by atoms with Crippen molar-refractivity contribution < 1.29 is 33.4 Å². The number of hydrogen-bond acceptors (Lipinski definition) is 7. The molecule has 1 saturated heterocycles. The van der Waals surface area contributed by atoms with Crippen LogP contribution in [0.1, 0.15) is 52.2 Å². The average Bonchev–Trinajstić information content (AvgIpc) is 3.68. The minimum absolute atomic E-state index is 0.209. The molecule has 0 saturated carbocycles. The number of nitrogens with one attached hydrogen (secondary N) is 3. The Hall–Kier alpha value is -3.92. The lowest BCUT2D eigenvalue weighted by molar-refractivity contribution is -0.131.